The molecular weight excluding hydrogens is 677 g/mol. The van der Waals surface area contributed by atoms with E-state index in [0.29, 0.717) is 0 Å². The minimum Gasteiger partial charge on any atom is -0.103 e. The van der Waals surface area contributed by atoms with Crippen molar-refractivity contribution in [2.75, 3.05) is 0 Å². The van der Waals surface area contributed by atoms with E-state index < -0.39 is 0 Å². The van der Waals surface area contributed by atoms with E-state index in [9.17, 15) is 0 Å². The van der Waals surface area contributed by atoms with Crippen molar-refractivity contribution in [3.8, 4) is 0 Å². The summed E-state index contributed by atoms with van der Waals surface area (Å²) >= 11 is 0. The van der Waals surface area contributed by atoms with Crippen LogP contribution in [-0.4, -0.2) is 50.5 Å². The molecule has 0 rings (SSSR count). The lowest BCUT2D eigenvalue weighted by Gasteiger charge is -1.99. The van der Waals surface area contributed by atoms with E-state index >= 15 is 0 Å². The number of allylic oxidation sites excluding steroid dienone is 12. The Hall–Kier alpha value is -1.95. The topological polar surface area (TPSA) is 0 Å². The van der Waals surface area contributed by atoms with E-state index in [0.717, 1.165) is 38.5 Å². The molecule has 0 unspecified atom stereocenters. The maximum absolute atomic E-state index is 3.67. The van der Waals surface area contributed by atoms with Gasteiger partial charge in [0.1, 0.15) is 0 Å². The maximum atomic E-state index is 3.67. The monoisotopic (exact) mass is 787 g/mol. The van der Waals surface area contributed by atoms with Crippen LogP contribution in [-0.2, 0) is 0 Å². The van der Waals surface area contributed by atoms with Crippen molar-refractivity contribution in [1.82, 2.24) is 0 Å². The van der Waals surface area contributed by atoms with Crippen LogP contribution >= 0.6 is 0 Å². The molecule has 0 aromatic carbocycles. The molecule has 6 heteroatoms. The fourth-order valence-electron chi connectivity index (χ4n) is 1.43. The molecule has 330 valence electrons. The predicted octanol–water partition coefficient (Wildman–Crippen LogP) is 18.5. The Labute approximate surface area is 382 Å². The molecule has 0 bridgehead atoms. The number of hydrogen-bond acceptors (Lipinski definition) is 0. The third-order valence-electron chi connectivity index (χ3n) is 6.21. The molecule has 0 nitrogen and oxygen atoms in total. The van der Waals surface area contributed by atoms with E-state index in [-0.39, 0.29) is 72.8 Å². The summed E-state index contributed by atoms with van der Waals surface area (Å²) in [5.74, 6) is 0. The van der Waals surface area contributed by atoms with Gasteiger partial charge in [0.2, 0.25) is 0 Å². The average Bonchev–Trinajstić information content (AvgIpc) is 3.11. The second-order valence-electron chi connectivity index (χ2n) is 11.4. The lowest BCUT2D eigenvalue weighted by Crippen LogP contribution is -1.78. The summed E-state index contributed by atoms with van der Waals surface area (Å²) in [5.41, 5.74) is 8.36. The summed E-state index contributed by atoms with van der Waals surface area (Å²) in [6.07, 6.45) is 26.0. The molecule has 0 heterocycles. The van der Waals surface area contributed by atoms with Gasteiger partial charge in [0.25, 0.3) is 0 Å². The molecule has 0 N–H and O–H groups in total. The lowest BCUT2D eigenvalue weighted by molar-refractivity contribution is 0.985. The van der Waals surface area contributed by atoms with Crippen molar-refractivity contribution in [2.45, 2.75) is 224 Å². The Kier molecular flexibility index (Phi) is 270. The maximum Gasteiger partial charge on any atom is 0 e. The van der Waals surface area contributed by atoms with Gasteiger partial charge in [-0.1, -0.05) is 175 Å². The molecule has 0 fully saturated rings. The molecule has 0 aliphatic heterocycles. The van der Waals surface area contributed by atoms with Crippen LogP contribution in [0.25, 0.3) is 0 Å². The zero-order valence-electron chi connectivity index (χ0n) is 40.7. The highest BCUT2D eigenvalue weighted by atomic mass is 13.9. The molecule has 0 aliphatic rings. The van der Waals surface area contributed by atoms with E-state index in [4.69, 9.17) is 0 Å². The zero-order valence-corrected chi connectivity index (χ0v) is 40.7. The largest absolute Gasteiger partial charge is 0.103 e. The fraction of sp³-hybridized carbons (Fsp3) is 0.647. The Balaban J connectivity index is -0.0000000186. The summed E-state index contributed by atoms with van der Waals surface area (Å²) in [6, 6.07) is 0. The highest BCUT2D eigenvalue weighted by Crippen LogP contribution is 2.09. The van der Waals surface area contributed by atoms with Gasteiger partial charge in [-0.15, -0.1) is 39.5 Å². The molecule has 0 amide bonds. The van der Waals surface area contributed by atoms with Gasteiger partial charge in [-0.2, -0.15) is 0 Å². The number of hydrogen-bond donors (Lipinski definition) is 0. The third-order valence-corrected chi connectivity index (χ3v) is 6.21. The molecular formula is C51H108B6. The second-order valence-corrected chi connectivity index (χ2v) is 11.4. The molecule has 0 saturated heterocycles. The minimum atomic E-state index is 0. The first-order valence-corrected chi connectivity index (χ1v) is 19.2. The van der Waals surface area contributed by atoms with Gasteiger partial charge in [-0.3, -0.25) is 0 Å². The van der Waals surface area contributed by atoms with Crippen molar-refractivity contribution in [3.63, 3.8) is 0 Å². The van der Waals surface area contributed by atoms with Crippen molar-refractivity contribution >= 4 is 50.5 Å². The molecule has 0 aromatic rings. The lowest BCUT2D eigenvalue weighted by atomic mass is 10.1. The molecule has 0 aromatic heterocycles. The van der Waals surface area contributed by atoms with E-state index in [2.05, 4.69) is 162 Å². The van der Waals surface area contributed by atoms with Crippen LogP contribution in [0.3, 0.4) is 0 Å². The number of rotatable bonds is 12. The van der Waals surface area contributed by atoms with Gasteiger partial charge in [0.05, 0.1) is 0 Å². The van der Waals surface area contributed by atoms with Gasteiger partial charge >= 0.3 is 0 Å². The van der Waals surface area contributed by atoms with Crippen molar-refractivity contribution < 1.29 is 0 Å². The Bertz CT molecular complexity index is 675. The van der Waals surface area contributed by atoms with E-state index in [1.807, 2.05) is 39.0 Å². The SMILES string of the molecule is C.C.C.C=C(C)CC.C=C(C)CC.C=C(C)CC.C=CCC.C=CCC.C=CCC.CC/C(C)=C(/C)CC.CC/C=C(\C)CC.CC/C=C\CC.[B].[B].[B].[B].[B].[B]. The molecule has 0 spiro atoms. The summed E-state index contributed by atoms with van der Waals surface area (Å²) in [6.45, 7) is 59.7. The van der Waals surface area contributed by atoms with Crippen LogP contribution < -0.4 is 0 Å². The summed E-state index contributed by atoms with van der Waals surface area (Å²) < 4.78 is 0. The third kappa shape index (κ3) is 276. The van der Waals surface area contributed by atoms with Crippen molar-refractivity contribution in [2.24, 2.45) is 0 Å². The first-order chi connectivity index (χ1) is 22.5. The van der Waals surface area contributed by atoms with Crippen LogP contribution in [0, 0.1) is 0 Å². The van der Waals surface area contributed by atoms with Crippen molar-refractivity contribution in [1.29, 1.82) is 0 Å². The van der Waals surface area contributed by atoms with Crippen LogP contribution in [0.15, 0.2) is 109 Å². The van der Waals surface area contributed by atoms with Gasteiger partial charge in [0, 0.05) is 50.5 Å². The standard InChI is InChI=1S/C8H16.C7H14.C6H12.3C5H10.3C4H8.3CH4.6B/c1-5-7(3)8(4)6-2;1-4-6-7(3)5-2;1-3-5-6-4-2;3*1-4-5(2)3;3*1-3-4-2;;;;;;;;;/h5-6H2,1-4H3;6H,4-5H2,1-3H3;5-6H,3-4H2,1-2H3;3*2,4H2,1,3H3;3*3H,1,4H2,2H3;3*1H4;;;;;;/b8-7-;7-6+;6-5-;;;;;;;;;;;;;;;. The smallest absolute Gasteiger partial charge is 0 e. The molecule has 57 heavy (non-hydrogen) atoms. The van der Waals surface area contributed by atoms with Gasteiger partial charge in [0.15, 0.2) is 0 Å². The van der Waals surface area contributed by atoms with Gasteiger partial charge in [-0.25, -0.2) is 0 Å². The van der Waals surface area contributed by atoms with E-state index in [1.54, 1.807) is 11.1 Å². The van der Waals surface area contributed by atoms with Crippen molar-refractivity contribution in [3.05, 3.63) is 109 Å². The molecule has 0 aliphatic carbocycles. The van der Waals surface area contributed by atoms with Gasteiger partial charge < -0.3 is 0 Å². The highest BCUT2D eigenvalue weighted by molar-refractivity contribution is 5.76. The minimum absolute atomic E-state index is 0. The molecule has 0 atom stereocenters. The quantitative estimate of drug-likeness (QED) is 0.137. The first kappa shape index (κ1) is 117. The highest BCUT2D eigenvalue weighted by Gasteiger charge is 1.88. The molecule has 18 radical (unpaired) electrons. The summed E-state index contributed by atoms with van der Waals surface area (Å²) in [5, 5.41) is 0. The fourth-order valence-corrected chi connectivity index (χ4v) is 1.43. The average molecular weight is 786 g/mol. The second kappa shape index (κ2) is 131. The normalized spacial score (nSPS) is 7.79. The van der Waals surface area contributed by atoms with Gasteiger partial charge in [-0.05, 0) is 119 Å². The first-order valence-electron chi connectivity index (χ1n) is 19.2. The zero-order chi connectivity index (χ0) is 40.2. The Morgan fingerprint density at radius 3 is 0.561 bits per heavy atom. The predicted molar refractivity (Wildman–Crippen MR) is 295 cm³/mol. The van der Waals surface area contributed by atoms with Crippen LogP contribution in [0.2, 0.25) is 0 Å². The van der Waals surface area contributed by atoms with Crippen LogP contribution in [0.1, 0.15) is 224 Å². The Morgan fingerprint density at radius 1 is 0.333 bits per heavy atom. The van der Waals surface area contributed by atoms with E-state index in [1.165, 1.54) is 60.8 Å². The summed E-state index contributed by atoms with van der Waals surface area (Å²) in [4.78, 5) is 0. The Morgan fingerprint density at radius 2 is 0.509 bits per heavy atom. The summed E-state index contributed by atoms with van der Waals surface area (Å²) in [7, 11) is 0. The van der Waals surface area contributed by atoms with Crippen LogP contribution in [0.4, 0.5) is 0 Å². The molecule has 0 saturated carbocycles. The van der Waals surface area contributed by atoms with Crippen LogP contribution in [0.5, 0.6) is 0 Å².